The molecule has 2 aliphatic rings. The average molecular weight is 403 g/mol. The van der Waals surface area contributed by atoms with Gasteiger partial charge in [-0.15, -0.1) is 0 Å². The Kier molecular flexibility index (Phi) is 4.79. The molecule has 0 aliphatic carbocycles. The van der Waals surface area contributed by atoms with Crippen LogP contribution in [0.3, 0.4) is 0 Å². The molecule has 1 saturated heterocycles. The standard InChI is InChI=1S/C24H25N3O3/c1-2-15-9-11-16(12-10-15)23-20-21(18-7-3-4-8-19(18)28)25-26-22(20)24(29)27(23)14-17-6-5-13-30-17/h3-4,7-12,17,23,28H,2,5-6,13-14H2,1H3,(H,25,26)/t17-,23+/m0/s1. The number of aryl methyl sites for hydroxylation is 1. The van der Waals surface area contributed by atoms with Crippen LogP contribution >= 0.6 is 0 Å². The van der Waals surface area contributed by atoms with Gasteiger partial charge in [0.15, 0.2) is 0 Å². The Morgan fingerprint density at radius 2 is 2.00 bits per heavy atom. The number of H-pyrrole nitrogens is 1. The van der Waals surface area contributed by atoms with E-state index in [1.54, 1.807) is 12.1 Å². The maximum absolute atomic E-state index is 13.4. The van der Waals surface area contributed by atoms with Gasteiger partial charge < -0.3 is 14.7 Å². The van der Waals surface area contributed by atoms with Gasteiger partial charge in [-0.2, -0.15) is 5.10 Å². The number of nitrogens with one attached hydrogen (secondary N) is 1. The molecule has 6 nitrogen and oxygen atoms in total. The van der Waals surface area contributed by atoms with Crippen molar-refractivity contribution in [2.45, 2.75) is 38.3 Å². The first-order valence-electron chi connectivity index (χ1n) is 10.6. The predicted molar refractivity (Wildman–Crippen MR) is 113 cm³/mol. The third-order valence-electron chi connectivity index (χ3n) is 6.15. The van der Waals surface area contributed by atoms with Gasteiger partial charge in [0.25, 0.3) is 5.91 Å². The number of hydrogen-bond donors (Lipinski definition) is 2. The summed E-state index contributed by atoms with van der Waals surface area (Å²) >= 11 is 0. The lowest BCUT2D eigenvalue weighted by Crippen LogP contribution is -2.36. The van der Waals surface area contributed by atoms with Gasteiger partial charge in [-0.25, -0.2) is 0 Å². The number of carbonyl (C=O) groups excluding carboxylic acids is 1. The monoisotopic (exact) mass is 403 g/mol. The molecule has 6 heteroatoms. The number of rotatable bonds is 5. The van der Waals surface area contributed by atoms with E-state index in [1.807, 2.05) is 17.0 Å². The van der Waals surface area contributed by atoms with Gasteiger partial charge in [-0.05, 0) is 42.5 Å². The minimum atomic E-state index is -0.268. The number of phenolic OH excluding ortho intramolecular Hbond substituents is 1. The second-order valence-electron chi connectivity index (χ2n) is 7.97. The highest BCUT2D eigenvalue weighted by Crippen LogP contribution is 2.44. The van der Waals surface area contributed by atoms with Gasteiger partial charge in [-0.3, -0.25) is 9.89 Å². The van der Waals surface area contributed by atoms with Gasteiger partial charge in [0.2, 0.25) is 0 Å². The fraction of sp³-hybridized carbons (Fsp3) is 0.333. The van der Waals surface area contributed by atoms with E-state index < -0.39 is 0 Å². The number of phenols is 1. The summed E-state index contributed by atoms with van der Waals surface area (Å²) in [7, 11) is 0. The molecule has 3 aromatic rings. The van der Waals surface area contributed by atoms with Crippen LogP contribution in [0.4, 0.5) is 0 Å². The number of aromatic nitrogens is 2. The Morgan fingerprint density at radius 1 is 1.20 bits per heavy atom. The molecule has 3 heterocycles. The predicted octanol–water partition coefficient (Wildman–Crippen LogP) is 4.07. The van der Waals surface area contributed by atoms with Gasteiger partial charge in [0, 0.05) is 24.3 Å². The number of benzene rings is 2. The van der Waals surface area contributed by atoms with Crippen molar-refractivity contribution in [3.8, 4) is 17.0 Å². The molecule has 2 aromatic carbocycles. The van der Waals surface area contributed by atoms with Crippen molar-refractivity contribution >= 4 is 5.91 Å². The van der Waals surface area contributed by atoms with Crippen LogP contribution in [-0.4, -0.2) is 45.4 Å². The van der Waals surface area contributed by atoms with Crippen LogP contribution in [0.1, 0.15) is 53.0 Å². The van der Waals surface area contributed by atoms with Crippen molar-refractivity contribution in [2.75, 3.05) is 13.2 Å². The number of fused-ring (bicyclic) bond motifs is 1. The highest BCUT2D eigenvalue weighted by Gasteiger charge is 2.43. The van der Waals surface area contributed by atoms with E-state index in [9.17, 15) is 9.90 Å². The van der Waals surface area contributed by atoms with Crippen LogP contribution in [0.25, 0.3) is 11.3 Å². The van der Waals surface area contributed by atoms with E-state index in [4.69, 9.17) is 4.74 Å². The first-order chi connectivity index (χ1) is 14.7. The van der Waals surface area contributed by atoms with Gasteiger partial charge in [-0.1, -0.05) is 43.3 Å². The second-order valence-corrected chi connectivity index (χ2v) is 7.97. The molecule has 2 atom stereocenters. The molecule has 5 rings (SSSR count). The Hall–Kier alpha value is -3.12. The van der Waals surface area contributed by atoms with E-state index in [2.05, 4.69) is 41.4 Å². The minimum absolute atomic E-state index is 0.0527. The molecule has 1 fully saturated rings. The third-order valence-corrected chi connectivity index (χ3v) is 6.15. The third kappa shape index (κ3) is 3.08. The van der Waals surface area contributed by atoms with Crippen molar-refractivity contribution < 1.29 is 14.6 Å². The molecule has 1 amide bonds. The molecule has 0 spiro atoms. The topological polar surface area (TPSA) is 78.5 Å². The van der Waals surface area contributed by atoms with E-state index >= 15 is 0 Å². The zero-order valence-electron chi connectivity index (χ0n) is 17.0. The lowest BCUT2D eigenvalue weighted by atomic mass is 9.94. The summed E-state index contributed by atoms with van der Waals surface area (Å²) < 4.78 is 5.83. The second kappa shape index (κ2) is 7.61. The first kappa shape index (κ1) is 18.9. The largest absolute Gasteiger partial charge is 0.507 e. The highest BCUT2D eigenvalue weighted by molar-refractivity contribution is 6.00. The first-order valence-corrected chi connectivity index (χ1v) is 10.6. The summed E-state index contributed by atoms with van der Waals surface area (Å²) in [4.78, 5) is 15.2. The number of hydrogen-bond acceptors (Lipinski definition) is 4. The average Bonchev–Trinajstić information content (AvgIpc) is 3.49. The van der Waals surface area contributed by atoms with Gasteiger partial charge >= 0.3 is 0 Å². The van der Waals surface area contributed by atoms with Crippen LogP contribution in [0, 0.1) is 0 Å². The number of nitrogens with zero attached hydrogens (tertiary/aromatic N) is 2. The van der Waals surface area contributed by atoms with Crippen LogP contribution in [0.15, 0.2) is 48.5 Å². The normalized spacial score (nSPS) is 20.7. The van der Waals surface area contributed by atoms with E-state index in [0.29, 0.717) is 23.5 Å². The van der Waals surface area contributed by atoms with Crippen LogP contribution in [0.5, 0.6) is 5.75 Å². The summed E-state index contributed by atoms with van der Waals surface area (Å²) in [5.41, 5.74) is 4.85. The molecule has 2 N–H and O–H groups in total. The van der Waals surface area contributed by atoms with Gasteiger partial charge in [0.1, 0.15) is 17.1 Å². The summed E-state index contributed by atoms with van der Waals surface area (Å²) in [5, 5.41) is 17.8. The number of ether oxygens (including phenoxy) is 1. The molecule has 2 aliphatic heterocycles. The zero-order chi connectivity index (χ0) is 20.7. The number of carbonyl (C=O) groups is 1. The molecule has 0 saturated carbocycles. The van der Waals surface area contributed by atoms with Crippen molar-refractivity contribution in [1.82, 2.24) is 15.1 Å². The molecule has 0 bridgehead atoms. The van der Waals surface area contributed by atoms with Crippen LogP contribution < -0.4 is 0 Å². The Morgan fingerprint density at radius 3 is 2.70 bits per heavy atom. The summed E-state index contributed by atoms with van der Waals surface area (Å²) in [6, 6.07) is 15.3. The quantitative estimate of drug-likeness (QED) is 0.673. The van der Waals surface area contributed by atoms with E-state index in [0.717, 1.165) is 37.0 Å². The van der Waals surface area contributed by atoms with E-state index in [-0.39, 0.29) is 23.8 Å². The molecule has 1 aromatic heterocycles. The number of amides is 1. The van der Waals surface area contributed by atoms with Crippen LogP contribution in [-0.2, 0) is 11.2 Å². The lowest BCUT2D eigenvalue weighted by molar-refractivity contribution is 0.0495. The molecule has 0 radical (unpaired) electrons. The summed E-state index contributed by atoms with van der Waals surface area (Å²) in [6.07, 6.45) is 3.00. The SMILES string of the molecule is CCc1ccc([C@@H]2c3c(-c4ccccc4O)n[nH]c3C(=O)N2C[C@@H]2CCCO2)cc1. The number of para-hydroxylation sites is 1. The van der Waals surface area contributed by atoms with Gasteiger partial charge in [0.05, 0.1) is 12.1 Å². The highest BCUT2D eigenvalue weighted by atomic mass is 16.5. The Bertz CT molecular complexity index is 1070. The fourth-order valence-electron chi connectivity index (χ4n) is 4.55. The Balaban J connectivity index is 1.62. The van der Waals surface area contributed by atoms with Crippen molar-refractivity contribution in [1.29, 1.82) is 0 Å². The smallest absolute Gasteiger partial charge is 0.273 e. The maximum Gasteiger partial charge on any atom is 0.273 e. The number of aromatic hydroxyl groups is 1. The molecular formula is C24H25N3O3. The van der Waals surface area contributed by atoms with Crippen molar-refractivity contribution in [2.24, 2.45) is 0 Å². The molecule has 30 heavy (non-hydrogen) atoms. The Labute approximate surface area is 175 Å². The lowest BCUT2D eigenvalue weighted by Gasteiger charge is -2.28. The maximum atomic E-state index is 13.4. The fourth-order valence-corrected chi connectivity index (χ4v) is 4.55. The van der Waals surface area contributed by atoms with Crippen molar-refractivity contribution in [3.63, 3.8) is 0 Å². The van der Waals surface area contributed by atoms with Crippen molar-refractivity contribution in [3.05, 3.63) is 70.9 Å². The summed E-state index contributed by atoms with van der Waals surface area (Å²) in [6.45, 7) is 3.42. The van der Waals surface area contributed by atoms with E-state index in [1.165, 1.54) is 5.56 Å². The minimum Gasteiger partial charge on any atom is -0.507 e. The summed E-state index contributed by atoms with van der Waals surface area (Å²) in [5.74, 6) is 0.0798. The molecule has 154 valence electrons. The molecule has 0 unspecified atom stereocenters. The number of aromatic amines is 1. The molecular weight excluding hydrogens is 378 g/mol. The zero-order valence-corrected chi connectivity index (χ0v) is 17.0. The van der Waals surface area contributed by atoms with Crippen LogP contribution in [0.2, 0.25) is 0 Å².